The summed E-state index contributed by atoms with van der Waals surface area (Å²) in [5, 5.41) is 0. The van der Waals surface area contributed by atoms with E-state index in [2.05, 4.69) is 14.5 Å². The number of imidazole rings is 1. The van der Waals surface area contributed by atoms with Crippen molar-refractivity contribution in [2.75, 3.05) is 31.1 Å². The Balaban J connectivity index is 1.33. The number of aromatic amines is 1. The van der Waals surface area contributed by atoms with Crippen molar-refractivity contribution in [3.63, 3.8) is 0 Å². The zero-order valence-corrected chi connectivity index (χ0v) is 20.9. The third kappa shape index (κ3) is 3.82. The van der Waals surface area contributed by atoms with Gasteiger partial charge in [-0.3, -0.25) is 9.69 Å². The fraction of sp³-hybridized carbons (Fsp3) is 0.458. The number of para-hydroxylation sites is 2. The van der Waals surface area contributed by atoms with Crippen LogP contribution in [0.25, 0.3) is 11.0 Å². The number of hydrogen-bond donors (Lipinski definition) is 1. The van der Waals surface area contributed by atoms with Crippen LogP contribution in [-0.2, 0) is 26.1 Å². The van der Waals surface area contributed by atoms with E-state index in [-0.39, 0.29) is 42.0 Å². The predicted octanol–water partition coefficient (Wildman–Crippen LogP) is 2.61. The Morgan fingerprint density at radius 3 is 2.51 bits per heavy atom. The quantitative estimate of drug-likeness (QED) is 0.539. The van der Waals surface area contributed by atoms with Crippen molar-refractivity contribution in [3.8, 4) is 0 Å². The van der Waals surface area contributed by atoms with Crippen LogP contribution < -0.4 is 4.90 Å². The minimum Gasteiger partial charge on any atom is -0.462 e. The molecule has 0 bridgehead atoms. The smallest absolute Gasteiger partial charge is 0.341 e. The molecule has 0 saturated carbocycles. The van der Waals surface area contributed by atoms with E-state index in [0.29, 0.717) is 43.3 Å². The summed E-state index contributed by atoms with van der Waals surface area (Å²) in [7, 11) is -3.94. The highest BCUT2D eigenvalue weighted by Gasteiger charge is 2.39. The molecule has 1 N–H and O–H groups in total. The highest BCUT2D eigenvalue weighted by molar-refractivity contribution is 7.89. The number of piperidine rings is 1. The van der Waals surface area contributed by atoms with E-state index in [1.165, 1.54) is 4.31 Å². The summed E-state index contributed by atoms with van der Waals surface area (Å²) in [5.41, 5.74) is 2.78. The van der Waals surface area contributed by atoms with Crippen molar-refractivity contribution in [2.24, 2.45) is 5.92 Å². The van der Waals surface area contributed by atoms with E-state index >= 15 is 0 Å². The van der Waals surface area contributed by atoms with Gasteiger partial charge in [-0.25, -0.2) is 18.2 Å². The molecule has 2 aliphatic heterocycles. The lowest BCUT2D eigenvalue weighted by molar-refractivity contribution is -0.123. The van der Waals surface area contributed by atoms with E-state index in [9.17, 15) is 18.0 Å². The standard InChI is InChI=1S/C24H29N5O5S/c1-4-34-23(31)20-15(2)25-16(3)21(20)35(32,33)27-11-9-17(10-12-27)22(30)29-14-13-28-19-8-6-5-7-18(19)26-24(28)29/h5-8,17,25H,4,9-14H2,1-3H3. The van der Waals surface area contributed by atoms with E-state index in [4.69, 9.17) is 4.74 Å². The Bertz CT molecular complexity index is 1420. The first-order valence-electron chi connectivity index (χ1n) is 11.9. The molecule has 10 nitrogen and oxygen atoms in total. The fourth-order valence-corrected chi connectivity index (χ4v) is 7.10. The van der Waals surface area contributed by atoms with Gasteiger partial charge in [0.05, 0.1) is 17.6 Å². The molecule has 0 radical (unpaired) electrons. The Hall–Kier alpha value is -3.18. The molecule has 1 amide bonds. The molecule has 5 rings (SSSR count). The number of sulfonamides is 1. The third-order valence-electron chi connectivity index (χ3n) is 6.89. The number of carbonyl (C=O) groups is 2. The van der Waals surface area contributed by atoms with E-state index in [0.717, 1.165) is 11.0 Å². The third-order valence-corrected chi connectivity index (χ3v) is 8.96. The summed E-state index contributed by atoms with van der Waals surface area (Å²) < 4.78 is 35.6. The second kappa shape index (κ2) is 8.80. The molecule has 0 unspecified atom stereocenters. The van der Waals surface area contributed by atoms with Gasteiger partial charge in [-0.05, 0) is 45.7 Å². The van der Waals surface area contributed by atoms with E-state index in [1.807, 2.05) is 24.3 Å². The Morgan fingerprint density at radius 1 is 1.09 bits per heavy atom. The second-order valence-electron chi connectivity index (χ2n) is 9.02. The summed E-state index contributed by atoms with van der Waals surface area (Å²) in [5.74, 6) is -0.304. The molecule has 1 fully saturated rings. The van der Waals surface area contributed by atoms with Gasteiger partial charge >= 0.3 is 5.97 Å². The zero-order valence-electron chi connectivity index (χ0n) is 20.1. The lowest BCUT2D eigenvalue weighted by Crippen LogP contribution is -2.44. The molecule has 4 heterocycles. The molecule has 2 aliphatic rings. The molecule has 35 heavy (non-hydrogen) atoms. The first kappa shape index (κ1) is 23.6. The van der Waals surface area contributed by atoms with Crippen LogP contribution in [-0.4, -0.2) is 65.4 Å². The topological polar surface area (TPSA) is 118 Å². The van der Waals surface area contributed by atoms with Crippen molar-refractivity contribution in [2.45, 2.75) is 45.1 Å². The average molecular weight is 500 g/mol. The van der Waals surface area contributed by atoms with Crippen molar-refractivity contribution in [3.05, 3.63) is 41.2 Å². The SMILES string of the molecule is CCOC(=O)c1c(C)[nH]c(C)c1S(=O)(=O)N1CCC(C(=O)N2CCn3c2nc2ccccc23)CC1. The van der Waals surface area contributed by atoms with Gasteiger partial charge in [0.1, 0.15) is 10.5 Å². The van der Waals surface area contributed by atoms with Gasteiger partial charge in [0.25, 0.3) is 0 Å². The molecule has 1 saturated heterocycles. The zero-order chi connectivity index (χ0) is 24.9. The van der Waals surface area contributed by atoms with Crippen molar-refractivity contribution in [1.29, 1.82) is 0 Å². The van der Waals surface area contributed by atoms with Gasteiger partial charge < -0.3 is 14.3 Å². The number of nitrogens with zero attached hydrogens (tertiary/aromatic N) is 4. The maximum Gasteiger partial charge on any atom is 0.341 e. The average Bonchev–Trinajstić information content (AvgIpc) is 3.50. The van der Waals surface area contributed by atoms with Crippen LogP contribution in [0.15, 0.2) is 29.2 Å². The van der Waals surface area contributed by atoms with Crippen molar-refractivity contribution < 1.29 is 22.7 Å². The highest BCUT2D eigenvalue weighted by atomic mass is 32.2. The number of fused-ring (bicyclic) bond motifs is 3. The lowest BCUT2D eigenvalue weighted by Gasteiger charge is -2.32. The van der Waals surface area contributed by atoms with Gasteiger partial charge in [0.15, 0.2) is 0 Å². The summed E-state index contributed by atoms with van der Waals surface area (Å²) in [4.78, 5) is 35.2. The van der Waals surface area contributed by atoms with E-state index < -0.39 is 16.0 Å². The first-order chi connectivity index (χ1) is 16.7. The molecular formula is C24H29N5O5S. The number of aryl methyl sites for hydroxylation is 2. The largest absolute Gasteiger partial charge is 0.462 e. The number of rotatable bonds is 5. The fourth-order valence-electron chi connectivity index (χ4n) is 5.22. The molecule has 1 aromatic carbocycles. The summed E-state index contributed by atoms with van der Waals surface area (Å²) in [6, 6.07) is 7.81. The Kier molecular flexibility index (Phi) is 5.92. The van der Waals surface area contributed by atoms with Gasteiger partial charge in [0, 0.05) is 43.5 Å². The number of benzene rings is 1. The summed E-state index contributed by atoms with van der Waals surface area (Å²) >= 11 is 0. The number of carbonyl (C=O) groups excluding carboxylic acids is 2. The molecule has 3 aromatic rings. The summed E-state index contributed by atoms with van der Waals surface area (Å²) in [6.07, 6.45) is 0.817. The number of ether oxygens (including phenoxy) is 1. The number of anilines is 1. The van der Waals surface area contributed by atoms with Crippen LogP contribution in [0, 0.1) is 19.8 Å². The monoisotopic (exact) mass is 499 g/mol. The van der Waals surface area contributed by atoms with Crippen molar-refractivity contribution in [1.82, 2.24) is 18.8 Å². The van der Waals surface area contributed by atoms with Gasteiger partial charge in [-0.1, -0.05) is 12.1 Å². The minimum atomic E-state index is -3.94. The normalized spacial score (nSPS) is 17.2. The molecule has 186 valence electrons. The van der Waals surface area contributed by atoms with Crippen LogP contribution in [0.4, 0.5) is 5.95 Å². The van der Waals surface area contributed by atoms with Crippen LogP contribution >= 0.6 is 0 Å². The molecule has 0 aliphatic carbocycles. The minimum absolute atomic E-state index is 0.0167. The lowest BCUT2D eigenvalue weighted by atomic mass is 9.96. The Morgan fingerprint density at radius 2 is 1.80 bits per heavy atom. The maximum atomic E-state index is 13.5. The molecular weight excluding hydrogens is 470 g/mol. The van der Waals surface area contributed by atoms with Crippen LogP contribution in [0.1, 0.15) is 41.5 Å². The first-order valence-corrected chi connectivity index (χ1v) is 13.3. The number of hydrogen-bond acceptors (Lipinski definition) is 6. The number of esters is 1. The molecule has 0 atom stereocenters. The molecule has 11 heteroatoms. The summed E-state index contributed by atoms with van der Waals surface area (Å²) in [6.45, 7) is 6.79. The highest BCUT2D eigenvalue weighted by Crippen LogP contribution is 2.33. The second-order valence-corrected chi connectivity index (χ2v) is 10.9. The number of nitrogens with one attached hydrogen (secondary N) is 1. The number of aromatic nitrogens is 3. The van der Waals surface area contributed by atoms with Crippen LogP contribution in [0.2, 0.25) is 0 Å². The number of H-pyrrole nitrogens is 1. The predicted molar refractivity (Wildman–Crippen MR) is 130 cm³/mol. The van der Waals surface area contributed by atoms with E-state index in [1.54, 1.807) is 25.7 Å². The van der Waals surface area contributed by atoms with Gasteiger partial charge in [-0.15, -0.1) is 0 Å². The van der Waals surface area contributed by atoms with Gasteiger partial charge in [-0.2, -0.15) is 4.31 Å². The molecule has 0 spiro atoms. The molecule has 2 aromatic heterocycles. The van der Waals surface area contributed by atoms with Crippen molar-refractivity contribution >= 4 is 38.9 Å². The van der Waals surface area contributed by atoms with Crippen LogP contribution in [0.3, 0.4) is 0 Å². The Labute approximate surface area is 203 Å². The van der Waals surface area contributed by atoms with Gasteiger partial charge in [0.2, 0.25) is 21.9 Å². The number of amides is 1. The van der Waals surface area contributed by atoms with Crippen LogP contribution in [0.5, 0.6) is 0 Å². The maximum absolute atomic E-state index is 13.5.